The van der Waals surface area contributed by atoms with Crippen LogP contribution in [0.4, 0.5) is 5.69 Å². The van der Waals surface area contributed by atoms with E-state index in [1.807, 2.05) is 0 Å². The van der Waals surface area contributed by atoms with Crippen molar-refractivity contribution in [3.8, 4) is 0 Å². The van der Waals surface area contributed by atoms with Crippen LogP contribution in [-0.4, -0.2) is 82.4 Å². The van der Waals surface area contributed by atoms with Crippen LogP contribution in [0.1, 0.15) is 24.8 Å². The molecular formula is C20H30N4O5S. The van der Waals surface area contributed by atoms with Crippen LogP contribution in [-0.2, 0) is 30.8 Å². The predicted octanol–water partition coefficient (Wildman–Crippen LogP) is 0.184. The summed E-state index contributed by atoms with van der Waals surface area (Å²) in [5.74, 6) is -0.654. The third-order valence-corrected chi connectivity index (χ3v) is 7.42. The number of carbonyl (C=O) groups is 2. The van der Waals surface area contributed by atoms with Crippen LogP contribution in [0.2, 0.25) is 0 Å². The molecule has 3 rings (SSSR count). The number of anilines is 1. The fourth-order valence-electron chi connectivity index (χ4n) is 4.00. The Morgan fingerprint density at radius 2 is 1.87 bits per heavy atom. The highest BCUT2D eigenvalue weighted by Crippen LogP contribution is 2.31. The molecule has 2 N–H and O–H groups in total. The van der Waals surface area contributed by atoms with Crippen LogP contribution >= 0.6 is 0 Å². The van der Waals surface area contributed by atoms with Gasteiger partial charge in [-0.2, -0.15) is 4.31 Å². The molecule has 1 aromatic rings. The lowest BCUT2D eigenvalue weighted by molar-refractivity contribution is -0.122. The fraction of sp³-hybridized carbons (Fsp3) is 0.600. The molecule has 1 fully saturated rings. The van der Waals surface area contributed by atoms with Crippen molar-refractivity contribution in [1.82, 2.24) is 9.21 Å². The van der Waals surface area contributed by atoms with E-state index in [4.69, 9.17) is 10.5 Å². The highest BCUT2D eigenvalue weighted by atomic mass is 32.2. The molecule has 0 atom stereocenters. The molecule has 2 aliphatic heterocycles. The van der Waals surface area contributed by atoms with Gasteiger partial charge in [0.2, 0.25) is 21.8 Å². The molecule has 166 valence electrons. The number of benzene rings is 1. The minimum absolute atomic E-state index is 0.0250. The highest BCUT2D eigenvalue weighted by Gasteiger charge is 2.30. The number of amides is 2. The first-order valence-corrected chi connectivity index (χ1v) is 11.7. The molecule has 0 radical (unpaired) electrons. The second-order valence-corrected chi connectivity index (χ2v) is 9.66. The summed E-state index contributed by atoms with van der Waals surface area (Å²) in [5.41, 5.74) is 6.89. The van der Waals surface area contributed by atoms with E-state index >= 15 is 0 Å². The Morgan fingerprint density at radius 1 is 1.13 bits per heavy atom. The summed E-state index contributed by atoms with van der Waals surface area (Å²) >= 11 is 0. The van der Waals surface area contributed by atoms with E-state index < -0.39 is 15.9 Å². The van der Waals surface area contributed by atoms with Crippen molar-refractivity contribution < 1.29 is 22.7 Å². The van der Waals surface area contributed by atoms with Crippen LogP contribution in [0.5, 0.6) is 0 Å². The van der Waals surface area contributed by atoms with Gasteiger partial charge in [0, 0.05) is 39.0 Å². The number of hydrogen-bond acceptors (Lipinski definition) is 6. The lowest BCUT2D eigenvalue weighted by atomic mass is 10.0. The van der Waals surface area contributed by atoms with Crippen molar-refractivity contribution in [1.29, 1.82) is 0 Å². The number of aryl methyl sites for hydroxylation is 1. The standard InChI is InChI=1S/C20H30N4O5S/c1-29-12-11-22(14-19(21)25)15-20(26)24-10-4-5-16-13-17(6-7-18(16)24)30(27,28)23-8-2-3-9-23/h6-7,13H,2-5,8-12,14-15H2,1H3,(H2,21,25). The number of nitrogens with two attached hydrogens (primary N) is 1. The molecule has 9 nitrogen and oxygen atoms in total. The number of fused-ring (bicyclic) bond motifs is 1. The number of primary amides is 1. The second kappa shape index (κ2) is 9.86. The molecule has 2 aliphatic rings. The first kappa shape index (κ1) is 22.7. The Labute approximate surface area is 177 Å². The molecule has 2 heterocycles. The maximum absolute atomic E-state index is 13.0. The van der Waals surface area contributed by atoms with Gasteiger partial charge in [0.25, 0.3) is 0 Å². The van der Waals surface area contributed by atoms with Crippen molar-refractivity contribution in [2.75, 3.05) is 57.9 Å². The van der Waals surface area contributed by atoms with Crippen molar-refractivity contribution >= 4 is 27.5 Å². The quantitative estimate of drug-likeness (QED) is 0.589. The number of ether oxygens (including phenoxy) is 1. The molecule has 0 unspecified atom stereocenters. The minimum atomic E-state index is -3.50. The molecule has 1 saturated heterocycles. The summed E-state index contributed by atoms with van der Waals surface area (Å²) in [5, 5.41) is 0. The van der Waals surface area contributed by atoms with Gasteiger partial charge >= 0.3 is 0 Å². The van der Waals surface area contributed by atoms with E-state index in [2.05, 4.69) is 0 Å². The molecule has 0 aromatic heterocycles. The zero-order valence-electron chi connectivity index (χ0n) is 17.4. The number of carbonyl (C=O) groups excluding carboxylic acids is 2. The van der Waals surface area contributed by atoms with Gasteiger partial charge in [-0.25, -0.2) is 8.42 Å². The molecule has 10 heteroatoms. The maximum atomic E-state index is 13.0. The van der Waals surface area contributed by atoms with E-state index in [-0.39, 0.29) is 23.9 Å². The van der Waals surface area contributed by atoms with Crippen LogP contribution in [0, 0.1) is 0 Å². The molecule has 30 heavy (non-hydrogen) atoms. The van der Waals surface area contributed by atoms with E-state index in [0.717, 1.165) is 36.9 Å². The maximum Gasteiger partial charge on any atom is 0.243 e. The number of methoxy groups -OCH3 is 1. The molecule has 0 spiro atoms. The molecule has 0 aliphatic carbocycles. The zero-order valence-corrected chi connectivity index (χ0v) is 18.2. The first-order chi connectivity index (χ1) is 14.3. The smallest absolute Gasteiger partial charge is 0.243 e. The zero-order chi connectivity index (χ0) is 21.7. The Hall–Kier alpha value is -2.01. The van der Waals surface area contributed by atoms with Crippen LogP contribution in [0.3, 0.4) is 0 Å². The van der Waals surface area contributed by atoms with Gasteiger partial charge in [-0.15, -0.1) is 0 Å². The second-order valence-electron chi connectivity index (χ2n) is 7.72. The molecule has 0 bridgehead atoms. The Balaban J connectivity index is 1.78. The third-order valence-electron chi connectivity index (χ3n) is 5.52. The molecule has 2 amide bonds. The summed E-state index contributed by atoms with van der Waals surface area (Å²) in [6, 6.07) is 5.02. The number of hydrogen-bond donors (Lipinski definition) is 1. The van der Waals surface area contributed by atoms with Gasteiger partial charge in [0.15, 0.2) is 0 Å². The first-order valence-electron chi connectivity index (χ1n) is 10.3. The van der Waals surface area contributed by atoms with E-state index in [1.54, 1.807) is 35.1 Å². The van der Waals surface area contributed by atoms with Gasteiger partial charge in [-0.05, 0) is 49.4 Å². The topological polar surface area (TPSA) is 113 Å². The summed E-state index contributed by atoms with van der Waals surface area (Å²) in [4.78, 5) is 27.9. The number of sulfonamides is 1. The summed E-state index contributed by atoms with van der Waals surface area (Å²) in [6.07, 6.45) is 3.24. The molecule has 1 aromatic carbocycles. The SMILES string of the molecule is COCCN(CC(N)=O)CC(=O)N1CCCc2cc(S(=O)(=O)N3CCCC3)ccc21. The van der Waals surface area contributed by atoms with Crippen LogP contribution in [0.15, 0.2) is 23.1 Å². The van der Waals surface area contributed by atoms with E-state index in [0.29, 0.717) is 32.8 Å². The number of rotatable bonds is 9. The lowest BCUT2D eigenvalue weighted by Crippen LogP contribution is -2.46. The molecule has 0 saturated carbocycles. The average molecular weight is 439 g/mol. The van der Waals surface area contributed by atoms with Gasteiger partial charge in [0.05, 0.1) is 24.6 Å². The van der Waals surface area contributed by atoms with E-state index in [1.165, 1.54) is 4.31 Å². The van der Waals surface area contributed by atoms with Crippen molar-refractivity contribution in [3.05, 3.63) is 23.8 Å². The lowest BCUT2D eigenvalue weighted by Gasteiger charge is -2.32. The highest BCUT2D eigenvalue weighted by molar-refractivity contribution is 7.89. The van der Waals surface area contributed by atoms with Crippen molar-refractivity contribution in [3.63, 3.8) is 0 Å². The van der Waals surface area contributed by atoms with Crippen LogP contribution < -0.4 is 10.6 Å². The Morgan fingerprint density at radius 3 is 2.53 bits per heavy atom. The fourth-order valence-corrected chi connectivity index (χ4v) is 5.57. The Kier molecular flexibility index (Phi) is 7.45. The summed E-state index contributed by atoms with van der Waals surface area (Å²) in [6.45, 7) is 2.48. The normalized spacial score (nSPS) is 17.3. The minimum Gasteiger partial charge on any atom is -0.383 e. The van der Waals surface area contributed by atoms with E-state index in [9.17, 15) is 18.0 Å². The van der Waals surface area contributed by atoms with Crippen molar-refractivity contribution in [2.24, 2.45) is 5.73 Å². The summed E-state index contributed by atoms with van der Waals surface area (Å²) in [7, 11) is -1.94. The predicted molar refractivity (Wildman–Crippen MR) is 113 cm³/mol. The van der Waals surface area contributed by atoms with Gasteiger partial charge in [-0.3, -0.25) is 14.5 Å². The Bertz CT molecular complexity index is 883. The monoisotopic (exact) mass is 438 g/mol. The average Bonchev–Trinajstić information content (AvgIpc) is 3.26. The summed E-state index contributed by atoms with van der Waals surface area (Å²) < 4.78 is 32.3. The third kappa shape index (κ3) is 5.18. The van der Waals surface area contributed by atoms with Gasteiger partial charge in [0.1, 0.15) is 0 Å². The van der Waals surface area contributed by atoms with Crippen molar-refractivity contribution in [2.45, 2.75) is 30.6 Å². The number of nitrogens with zero attached hydrogens (tertiary/aromatic N) is 3. The van der Waals surface area contributed by atoms with Gasteiger partial charge < -0.3 is 15.4 Å². The molecular weight excluding hydrogens is 408 g/mol. The largest absolute Gasteiger partial charge is 0.383 e. The van der Waals surface area contributed by atoms with Crippen LogP contribution in [0.25, 0.3) is 0 Å². The van der Waals surface area contributed by atoms with Gasteiger partial charge in [-0.1, -0.05) is 0 Å².